The molecule has 1 aliphatic heterocycles. The maximum absolute atomic E-state index is 13.9. The molecule has 0 bridgehead atoms. The first kappa shape index (κ1) is 16.9. The lowest BCUT2D eigenvalue weighted by Gasteiger charge is -2.35. The normalized spacial score (nSPS) is 16.4. The molecule has 0 radical (unpaired) electrons. The fraction of sp³-hybridized carbons (Fsp3) is 0.333. The largest absolute Gasteiger partial charge is 0.367 e. The van der Waals surface area contributed by atoms with E-state index in [0.717, 1.165) is 11.1 Å². The van der Waals surface area contributed by atoms with Crippen molar-refractivity contribution >= 4 is 15.7 Å². The van der Waals surface area contributed by atoms with Crippen molar-refractivity contribution in [3.63, 3.8) is 0 Å². The van der Waals surface area contributed by atoms with Crippen molar-refractivity contribution < 1.29 is 12.8 Å². The third kappa shape index (κ3) is 3.16. The highest BCUT2D eigenvalue weighted by atomic mass is 32.2. The van der Waals surface area contributed by atoms with Crippen LogP contribution in [-0.4, -0.2) is 38.9 Å². The van der Waals surface area contributed by atoms with Crippen LogP contribution in [0.25, 0.3) is 0 Å². The molecule has 0 saturated carbocycles. The highest BCUT2D eigenvalue weighted by Gasteiger charge is 2.30. The molecule has 0 unspecified atom stereocenters. The van der Waals surface area contributed by atoms with Crippen molar-refractivity contribution in [2.24, 2.45) is 0 Å². The minimum atomic E-state index is -3.52. The Hall–Kier alpha value is -1.92. The zero-order chi connectivity index (χ0) is 17.3. The van der Waals surface area contributed by atoms with Crippen LogP contribution >= 0.6 is 0 Å². The number of para-hydroxylation sites is 1. The molecule has 2 aromatic rings. The van der Waals surface area contributed by atoms with Gasteiger partial charge < -0.3 is 4.90 Å². The Morgan fingerprint density at radius 1 is 0.958 bits per heavy atom. The van der Waals surface area contributed by atoms with Crippen LogP contribution in [0.5, 0.6) is 0 Å². The van der Waals surface area contributed by atoms with Gasteiger partial charge in [0, 0.05) is 26.2 Å². The van der Waals surface area contributed by atoms with E-state index in [2.05, 4.69) is 0 Å². The van der Waals surface area contributed by atoms with Crippen LogP contribution < -0.4 is 4.90 Å². The standard InChI is InChI=1S/C18H21FN2O2S/c1-14-7-8-15(2)18(13-14)24(22,23)21-11-9-20(10-12-21)17-6-4-3-5-16(17)19/h3-8,13H,9-12H2,1-2H3. The van der Waals surface area contributed by atoms with Crippen LogP contribution in [0.2, 0.25) is 0 Å². The van der Waals surface area contributed by atoms with Crippen LogP contribution in [0.15, 0.2) is 47.4 Å². The molecule has 1 aliphatic rings. The van der Waals surface area contributed by atoms with Crippen molar-refractivity contribution in [3.05, 3.63) is 59.4 Å². The van der Waals surface area contributed by atoms with Crippen LogP contribution in [0.3, 0.4) is 0 Å². The van der Waals surface area contributed by atoms with E-state index in [9.17, 15) is 12.8 Å². The van der Waals surface area contributed by atoms with E-state index in [4.69, 9.17) is 0 Å². The third-order valence-corrected chi connectivity index (χ3v) is 6.43. The average molecular weight is 348 g/mol. The molecule has 6 heteroatoms. The van der Waals surface area contributed by atoms with E-state index in [-0.39, 0.29) is 5.82 Å². The second kappa shape index (κ2) is 6.53. The number of aryl methyl sites for hydroxylation is 2. The molecule has 2 aromatic carbocycles. The molecule has 0 atom stereocenters. The molecule has 0 N–H and O–H groups in total. The quantitative estimate of drug-likeness (QED) is 0.856. The number of hydrogen-bond donors (Lipinski definition) is 0. The Morgan fingerprint density at radius 3 is 2.29 bits per heavy atom. The minimum absolute atomic E-state index is 0.275. The van der Waals surface area contributed by atoms with Gasteiger partial charge in [-0.15, -0.1) is 0 Å². The van der Waals surface area contributed by atoms with Gasteiger partial charge in [-0.05, 0) is 43.2 Å². The van der Waals surface area contributed by atoms with Crippen molar-refractivity contribution in [1.82, 2.24) is 4.31 Å². The Morgan fingerprint density at radius 2 is 1.62 bits per heavy atom. The van der Waals surface area contributed by atoms with Gasteiger partial charge in [0.25, 0.3) is 0 Å². The monoisotopic (exact) mass is 348 g/mol. The molecule has 1 fully saturated rings. The summed E-state index contributed by atoms with van der Waals surface area (Å²) in [4.78, 5) is 2.26. The van der Waals surface area contributed by atoms with Crippen LogP contribution in [0.4, 0.5) is 10.1 Å². The van der Waals surface area contributed by atoms with E-state index >= 15 is 0 Å². The molecule has 1 heterocycles. The number of nitrogens with zero attached hydrogens (tertiary/aromatic N) is 2. The number of benzene rings is 2. The number of halogens is 1. The van der Waals surface area contributed by atoms with Crippen molar-refractivity contribution in [3.8, 4) is 0 Å². The lowest BCUT2D eigenvalue weighted by atomic mass is 10.2. The van der Waals surface area contributed by atoms with E-state index in [1.54, 1.807) is 24.3 Å². The third-order valence-electron chi connectivity index (χ3n) is 4.39. The lowest BCUT2D eigenvalue weighted by Crippen LogP contribution is -2.49. The van der Waals surface area contributed by atoms with E-state index in [0.29, 0.717) is 36.8 Å². The van der Waals surface area contributed by atoms with Gasteiger partial charge in [-0.3, -0.25) is 0 Å². The summed E-state index contributed by atoms with van der Waals surface area (Å²) in [7, 11) is -3.52. The lowest BCUT2D eigenvalue weighted by molar-refractivity contribution is 0.383. The molecule has 1 saturated heterocycles. The summed E-state index contributed by atoms with van der Waals surface area (Å²) in [6, 6.07) is 12.0. The second-order valence-corrected chi connectivity index (χ2v) is 8.02. The minimum Gasteiger partial charge on any atom is -0.367 e. The van der Waals surface area contributed by atoms with Gasteiger partial charge in [0.05, 0.1) is 10.6 Å². The number of sulfonamides is 1. The molecule has 24 heavy (non-hydrogen) atoms. The average Bonchev–Trinajstić information content (AvgIpc) is 2.57. The Balaban J connectivity index is 1.79. The Bertz CT molecular complexity index is 844. The molecular formula is C18H21FN2O2S. The molecular weight excluding hydrogens is 327 g/mol. The molecule has 3 rings (SSSR count). The maximum atomic E-state index is 13.9. The summed E-state index contributed by atoms with van der Waals surface area (Å²) in [5, 5.41) is 0. The van der Waals surface area contributed by atoms with Gasteiger partial charge in [-0.25, -0.2) is 12.8 Å². The summed E-state index contributed by atoms with van der Waals surface area (Å²) in [5.41, 5.74) is 2.20. The number of hydrogen-bond acceptors (Lipinski definition) is 3. The van der Waals surface area contributed by atoms with Gasteiger partial charge in [-0.1, -0.05) is 24.3 Å². The molecule has 0 spiro atoms. The summed E-state index contributed by atoms with van der Waals surface area (Å²) in [5.74, 6) is -0.275. The van der Waals surface area contributed by atoms with E-state index < -0.39 is 10.0 Å². The summed E-state index contributed by atoms with van der Waals surface area (Å²) < 4.78 is 41.2. The van der Waals surface area contributed by atoms with Gasteiger partial charge >= 0.3 is 0 Å². The smallest absolute Gasteiger partial charge is 0.243 e. The van der Waals surface area contributed by atoms with Crippen LogP contribution in [-0.2, 0) is 10.0 Å². The predicted octanol–water partition coefficient (Wildman–Crippen LogP) is 2.95. The molecule has 0 aromatic heterocycles. The zero-order valence-corrected chi connectivity index (χ0v) is 14.7. The van der Waals surface area contributed by atoms with Gasteiger partial charge in [-0.2, -0.15) is 4.31 Å². The SMILES string of the molecule is Cc1ccc(C)c(S(=O)(=O)N2CCN(c3ccccc3F)CC2)c1. The first-order valence-corrected chi connectivity index (χ1v) is 9.40. The number of rotatable bonds is 3. The number of anilines is 1. The van der Waals surface area contributed by atoms with E-state index in [1.807, 2.05) is 30.9 Å². The van der Waals surface area contributed by atoms with Gasteiger partial charge in [0.2, 0.25) is 10.0 Å². The van der Waals surface area contributed by atoms with E-state index in [1.165, 1.54) is 10.4 Å². The molecule has 0 aliphatic carbocycles. The Kier molecular flexibility index (Phi) is 4.60. The predicted molar refractivity (Wildman–Crippen MR) is 93.3 cm³/mol. The molecule has 128 valence electrons. The summed E-state index contributed by atoms with van der Waals surface area (Å²) in [6.07, 6.45) is 0. The topological polar surface area (TPSA) is 40.6 Å². The summed E-state index contributed by atoms with van der Waals surface area (Å²) in [6.45, 7) is 5.35. The van der Waals surface area contributed by atoms with Gasteiger partial charge in [0.1, 0.15) is 5.82 Å². The first-order chi connectivity index (χ1) is 11.4. The van der Waals surface area contributed by atoms with Crippen molar-refractivity contribution in [2.45, 2.75) is 18.7 Å². The summed E-state index contributed by atoms with van der Waals surface area (Å²) >= 11 is 0. The second-order valence-electron chi connectivity index (χ2n) is 6.11. The fourth-order valence-electron chi connectivity index (χ4n) is 3.00. The first-order valence-electron chi connectivity index (χ1n) is 7.96. The highest BCUT2D eigenvalue weighted by molar-refractivity contribution is 7.89. The maximum Gasteiger partial charge on any atom is 0.243 e. The zero-order valence-electron chi connectivity index (χ0n) is 13.9. The van der Waals surface area contributed by atoms with Gasteiger partial charge in [0.15, 0.2) is 0 Å². The Labute approximate surface area is 142 Å². The van der Waals surface area contributed by atoms with Crippen molar-refractivity contribution in [1.29, 1.82) is 0 Å². The van der Waals surface area contributed by atoms with Crippen LogP contribution in [0.1, 0.15) is 11.1 Å². The molecule has 4 nitrogen and oxygen atoms in total. The highest BCUT2D eigenvalue weighted by Crippen LogP contribution is 2.25. The number of piperazine rings is 1. The molecule has 0 amide bonds. The fourth-order valence-corrected chi connectivity index (χ4v) is 4.73. The van der Waals surface area contributed by atoms with Crippen LogP contribution in [0, 0.1) is 19.7 Å². The van der Waals surface area contributed by atoms with Crippen molar-refractivity contribution in [2.75, 3.05) is 31.1 Å².